The summed E-state index contributed by atoms with van der Waals surface area (Å²) in [7, 11) is 0. The summed E-state index contributed by atoms with van der Waals surface area (Å²) in [5.41, 5.74) is 10.2. The van der Waals surface area contributed by atoms with Crippen LogP contribution >= 0.6 is 0 Å². The van der Waals surface area contributed by atoms with E-state index in [-0.39, 0.29) is 17.2 Å². The zero-order valence-electron chi connectivity index (χ0n) is 5.48. The van der Waals surface area contributed by atoms with E-state index in [0.29, 0.717) is 0 Å². The van der Waals surface area contributed by atoms with Crippen LogP contribution in [0.1, 0.15) is 10.4 Å². The van der Waals surface area contributed by atoms with E-state index in [2.05, 4.69) is 10.2 Å². The first kappa shape index (κ1) is 7.26. The smallest absolute Gasteiger partial charge is 0.339 e. The van der Waals surface area contributed by atoms with Crippen LogP contribution in [-0.2, 0) is 0 Å². The van der Waals surface area contributed by atoms with E-state index in [1.54, 1.807) is 0 Å². The minimum Gasteiger partial charge on any atom is -0.478 e. The van der Waals surface area contributed by atoms with Gasteiger partial charge >= 0.3 is 5.97 Å². The Hall–Kier alpha value is -1.85. The van der Waals surface area contributed by atoms with Crippen molar-refractivity contribution < 1.29 is 9.90 Å². The molecule has 0 bridgehead atoms. The predicted molar refractivity (Wildman–Crippen MR) is 37.8 cm³/mol. The fraction of sp³-hybridized carbons (Fsp3) is 0. The lowest BCUT2D eigenvalue weighted by molar-refractivity contribution is 0.0697. The Bertz CT molecular complexity index is 299. The molecule has 0 radical (unpaired) electrons. The molecule has 0 spiro atoms. The highest BCUT2D eigenvalue weighted by Crippen LogP contribution is 2.08. The second-order valence-corrected chi connectivity index (χ2v) is 1.87. The van der Waals surface area contributed by atoms with Crippen molar-refractivity contribution in [1.82, 2.24) is 10.2 Å². The highest BCUT2D eigenvalue weighted by molar-refractivity contribution is 5.93. The van der Waals surface area contributed by atoms with Gasteiger partial charge in [-0.25, -0.2) is 4.79 Å². The van der Waals surface area contributed by atoms with Crippen molar-refractivity contribution in [2.45, 2.75) is 0 Å². The van der Waals surface area contributed by atoms with E-state index in [0.717, 1.165) is 6.07 Å². The van der Waals surface area contributed by atoms with Gasteiger partial charge in [-0.3, -0.25) is 0 Å². The normalized spacial score (nSPS) is 9.45. The lowest BCUT2D eigenvalue weighted by Crippen LogP contribution is -2.07. The van der Waals surface area contributed by atoms with Crippen LogP contribution in [0.3, 0.4) is 0 Å². The van der Waals surface area contributed by atoms with Gasteiger partial charge in [0.25, 0.3) is 0 Å². The largest absolute Gasteiger partial charge is 0.478 e. The Morgan fingerprint density at radius 2 is 2.09 bits per heavy atom. The van der Waals surface area contributed by atoms with Crippen LogP contribution < -0.4 is 11.5 Å². The third-order valence-electron chi connectivity index (χ3n) is 1.07. The lowest BCUT2D eigenvalue weighted by atomic mass is 10.3. The topological polar surface area (TPSA) is 115 Å². The number of anilines is 2. The summed E-state index contributed by atoms with van der Waals surface area (Å²) in [6.07, 6.45) is 0. The second kappa shape index (κ2) is 2.41. The van der Waals surface area contributed by atoms with Crippen LogP contribution in [0.2, 0.25) is 0 Å². The van der Waals surface area contributed by atoms with Gasteiger partial charge in [0.05, 0.1) is 0 Å². The van der Waals surface area contributed by atoms with Gasteiger partial charge in [0.2, 0.25) is 0 Å². The summed E-state index contributed by atoms with van der Waals surface area (Å²) < 4.78 is 0. The zero-order chi connectivity index (χ0) is 8.43. The average molecular weight is 154 g/mol. The monoisotopic (exact) mass is 154 g/mol. The van der Waals surface area contributed by atoms with Gasteiger partial charge in [-0.15, -0.1) is 10.2 Å². The highest BCUT2D eigenvalue weighted by Gasteiger charge is 2.09. The summed E-state index contributed by atoms with van der Waals surface area (Å²) in [6.45, 7) is 0. The quantitative estimate of drug-likeness (QED) is 0.494. The summed E-state index contributed by atoms with van der Waals surface area (Å²) in [4.78, 5) is 10.4. The maximum atomic E-state index is 10.4. The Morgan fingerprint density at radius 1 is 1.45 bits per heavy atom. The van der Waals surface area contributed by atoms with Gasteiger partial charge < -0.3 is 16.6 Å². The molecule has 1 aromatic rings. The summed E-state index contributed by atoms with van der Waals surface area (Å²) in [6, 6.07) is 1.16. The van der Waals surface area contributed by atoms with Gasteiger partial charge in [-0.1, -0.05) is 0 Å². The number of nitrogens with zero attached hydrogens (tertiary/aromatic N) is 2. The van der Waals surface area contributed by atoms with Crippen molar-refractivity contribution in [2.24, 2.45) is 0 Å². The van der Waals surface area contributed by atoms with Crippen molar-refractivity contribution in [3.05, 3.63) is 11.6 Å². The number of carboxylic acids is 1. The standard InChI is InChI=1S/C5H6N4O2/c6-3-1-2(5(10)11)4(7)9-8-3/h1H,(H2,6,8)(H2,7,9)(H,10,11). The molecule has 5 N–H and O–H groups in total. The predicted octanol–water partition coefficient (Wildman–Crippen LogP) is -0.661. The minimum atomic E-state index is -1.16. The van der Waals surface area contributed by atoms with Gasteiger partial charge in [0.15, 0.2) is 5.82 Å². The van der Waals surface area contributed by atoms with Crippen LogP contribution in [0.5, 0.6) is 0 Å². The maximum Gasteiger partial charge on any atom is 0.339 e. The Labute approximate surface area is 61.8 Å². The summed E-state index contributed by atoms with van der Waals surface area (Å²) >= 11 is 0. The fourth-order valence-corrected chi connectivity index (χ4v) is 0.587. The number of hydrogen-bond donors (Lipinski definition) is 3. The molecule has 6 nitrogen and oxygen atoms in total. The van der Waals surface area contributed by atoms with Crippen molar-refractivity contribution in [3.8, 4) is 0 Å². The molecule has 11 heavy (non-hydrogen) atoms. The number of aromatic nitrogens is 2. The molecule has 0 aromatic carbocycles. The molecule has 0 aliphatic heterocycles. The molecule has 0 amide bonds. The van der Waals surface area contributed by atoms with Crippen molar-refractivity contribution in [1.29, 1.82) is 0 Å². The molecular formula is C5H6N4O2. The number of nitrogen functional groups attached to an aromatic ring is 2. The van der Waals surface area contributed by atoms with E-state index >= 15 is 0 Å². The molecule has 1 heterocycles. The van der Waals surface area contributed by atoms with Crippen LogP contribution in [0, 0.1) is 0 Å². The first-order chi connectivity index (χ1) is 5.11. The SMILES string of the molecule is Nc1cc(C(=O)O)c(N)nn1. The molecule has 58 valence electrons. The Kier molecular flexibility index (Phi) is 1.59. The number of hydrogen-bond acceptors (Lipinski definition) is 5. The number of nitrogens with two attached hydrogens (primary N) is 2. The summed E-state index contributed by atoms with van der Waals surface area (Å²) in [5.74, 6) is -1.26. The third kappa shape index (κ3) is 1.34. The molecule has 1 aromatic heterocycles. The third-order valence-corrected chi connectivity index (χ3v) is 1.07. The molecular weight excluding hydrogens is 148 g/mol. The Balaban J connectivity index is 3.23. The van der Waals surface area contributed by atoms with Gasteiger partial charge in [0.1, 0.15) is 11.4 Å². The molecule has 0 fully saturated rings. The van der Waals surface area contributed by atoms with Crippen LogP contribution in [0.4, 0.5) is 11.6 Å². The summed E-state index contributed by atoms with van der Waals surface area (Å²) in [5, 5.41) is 15.2. The molecule has 0 aliphatic carbocycles. The van der Waals surface area contributed by atoms with Gasteiger partial charge in [0, 0.05) is 6.07 Å². The molecule has 0 atom stereocenters. The van der Waals surface area contributed by atoms with Crippen LogP contribution in [0.15, 0.2) is 6.07 Å². The molecule has 0 aliphatic rings. The fourth-order valence-electron chi connectivity index (χ4n) is 0.587. The van der Waals surface area contributed by atoms with Crippen LogP contribution in [-0.4, -0.2) is 21.3 Å². The second-order valence-electron chi connectivity index (χ2n) is 1.87. The molecule has 0 saturated carbocycles. The van der Waals surface area contributed by atoms with Gasteiger partial charge in [-0.05, 0) is 0 Å². The Morgan fingerprint density at radius 3 is 2.55 bits per heavy atom. The number of carbonyl (C=O) groups is 1. The first-order valence-corrected chi connectivity index (χ1v) is 2.73. The van der Waals surface area contributed by atoms with E-state index < -0.39 is 5.97 Å². The molecule has 0 saturated heterocycles. The van der Waals surface area contributed by atoms with Crippen molar-refractivity contribution >= 4 is 17.6 Å². The molecule has 1 rings (SSSR count). The van der Waals surface area contributed by atoms with E-state index in [1.165, 1.54) is 0 Å². The van der Waals surface area contributed by atoms with Crippen molar-refractivity contribution in [3.63, 3.8) is 0 Å². The average Bonchev–Trinajstić information content (AvgIpc) is 1.94. The van der Waals surface area contributed by atoms with Crippen LogP contribution in [0.25, 0.3) is 0 Å². The van der Waals surface area contributed by atoms with E-state index in [1.807, 2.05) is 0 Å². The zero-order valence-corrected chi connectivity index (χ0v) is 5.48. The van der Waals surface area contributed by atoms with E-state index in [4.69, 9.17) is 16.6 Å². The number of rotatable bonds is 1. The molecule has 6 heteroatoms. The van der Waals surface area contributed by atoms with Gasteiger partial charge in [-0.2, -0.15) is 0 Å². The lowest BCUT2D eigenvalue weighted by Gasteiger charge is -1.97. The number of carboxylic acid groups (broad SMARTS) is 1. The first-order valence-electron chi connectivity index (χ1n) is 2.73. The van der Waals surface area contributed by atoms with Crippen molar-refractivity contribution in [2.75, 3.05) is 11.5 Å². The molecule has 0 unspecified atom stereocenters. The van der Waals surface area contributed by atoms with E-state index in [9.17, 15) is 4.79 Å². The minimum absolute atomic E-state index is 0.0385. The number of aromatic carboxylic acids is 1. The highest BCUT2D eigenvalue weighted by atomic mass is 16.4. The maximum absolute atomic E-state index is 10.4.